The second kappa shape index (κ2) is 6.50. The second-order valence-corrected chi connectivity index (χ2v) is 8.29. The molecule has 0 atom stereocenters. The summed E-state index contributed by atoms with van der Waals surface area (Å²) in [5, 5.41) is 3.74. The number of fused-ring (bicyclic) bond motifs is 1. The van der Waals surface area contributed by atoms with Gasteiger partial charge in [0.2, 0.25) is 10.0 Å². The van der Waals surface area contributed by atoms with Crippen LogP contribution in [0, 0.1) is 19.7 Å². The Morgan fingerprint density at radius 2 is 1.93 bits per heavy atom. The first kappa shape index (κ1) is 17.7. The maximum atomic E-state index is 13.1. The van der Waals surface area contributed by atoms with Crippen LogP contribution in [0.4, 0.5) is 4.39 Å². The number of sulfonamides is 1. The molecule has 0 amide bonds. The number of hydrogen-bond donors (Lipinski definition) is 0. The highest BCUT2D eigenvalue weighted by Crippen LogP contribution is 2.28. The Kier molecular flexibility index (Phi) is 4.27. The molecule has 0 aliphatic carbocycles. The Bertz CT molecular complexity index is 1090. The first-order chi connectivity index (χ1) is 12.9. The SMILES string of the molecule is Cc1noc(C)c1S(=O)(=O)N1CCc2nc(-c3ccc(F)cc3)ncc2C1. The molecule has 0 spiro atoms. The summed E-state index contributed by atoms with van der Waals surface area (Å²) in [7, 11) is -3.71. The molecular weight excluding hydrogens is 371 g/mol. The third-order valence-corrected chi connectivity index (χ3v) is 6.66. The summed E-state index contributed by atoms with van der Waals surface area (Å²) >= 11 is 0. The molecule has 0 N–H and O–H groups in total. The van der Waals surface area contributed by atoms with E-state index in [0.717, 1.165) is 11.3 Å². The maximum absolute atomic E-state index is 13.1. The van der Waals surface area contributed by atoms with Crippen LogP contribution in [0.3, 0.4) is 0 Å². The van der Waals surface area contributed by atoms with Gasteiger partial charge in [-0.05, 0) is 38.1 Å². The van der Waals surface area contributed by atoms with E-state index in [2.05, 4.69) is 15.1 Å². The van der Waals surface area contributed by atoms with Gasteiger partial charge in [0, 0.05) is 36.8 Å². The first-order valence-electron chi connectivity index (χ1n) is 8.40. The number of benzene rings is 1. The normalized spacial score (nSPS) is 14.9. The van der Waals surface area contributed by atoms with Gasteiger partial charge >= 0.3 is 0 Å². The Hall–Kier alpha value is -2.65. The van der Waals surface area contributed by atoms with Gasteiger partial charge in [-0.1, -0.05) is 5.16 Å². The van der Waals surface area contributed by atoms with E-state index in [4.69, 9.17) is 4.52 Å². The van der Waals surface area contributed by atoms with Crippen molar-refractivity contribution in [2.75, 3.05) is 6.54 Å². The monoisotopic (exact) mass is 388 g/mol. The van der Waals surface area contributed by atoms with Gasteiger partial charge < -0.3 is 4.52 Å². The largest absolute Gasteiger partial charge is 0.360 e. The molecule has 0 radical (unpaired) electrons. The lowest BCUT2D eigenvalue weighted by Gasteiger charge is -2.27. The molecule has 3 aromatic rings. The van der Waals surface area contributed by atoms with Crippen molar-refractivity contribution >= 4 is 10.0 Å². The summed E-state index contributed by atoms with van der Waals surface area (Å²) in [6.07, 6.45) is 2.10. The summed E-state index contributed by atoms with van der Waals surface area (Å²) in [6, 6.07) is 5.95. The fourth-order valence-corrected chi connectivity index (χ4v) is 4.92. The molecule has 0 bridgehead atoms. The summed E-state index contributed by atoms with van der Waals surface area (Å²) < 4.78 is 45.4. The molecule has 0 saturated carbocycles. The molecule has 4 rings (SSSR count). The Morgan fingerprint density at radius 1 is 1.19 bits per heavy atom. The van der Waals surface area contributed by atoms with E-state index in [-0.39, 0.29) is 23.0 Å². The van der Waals surface area contributed by atoms with Gasteiger partial charge in [-0.25, -0.2) is 22.8 Å². The molecule has 1 aliphatic rings. The molecule has 3 heterocycles. The smallest absolute Gasteiger partial charge is 0.248 e. The van der Waals surface area contributed by atoms with Gasteiger partial charge in [0.1, 0.15) is 16.4 Å². The minimum absolute atomic E-state index is 0.120. The lowest BCUT2D eigenvalue weighted by Crippen LogP contribution is -2.37. The van der Waals surface area contributed by atoms with Crippen LogP contribution in [0.1, 0.15) is 22.7 Å². The van der Waals surface area contributed by atoms with Gasteiger partial charge in [0.05, 0.1) is 5.69 Å². The average molecular weight is 388 g/mol. The number of hydrogen-bond acceptors (Lipinski definition) is 6. The first-order valence-corrected chi connectivity index (χ1v) is 9.84. The van der Waals surface area contributed by atoms with Crippen molar-refractivity contribution in [3.8, 4) is 11.4 Å². The Balaban J connectivity index is 1.63. The van der Waals surface area contributed by atoms with E-state index in [9.17, 15) is 12.8 Å². The summed E-state index contributed by atoms with van der Waals surface area (Å²) in [4.78, 5) is 8.98. The van der Waals surface area contributed by atoms with Crippen molar-refractivity contribution in [1.82, 2.24) is 19.4 Å². The molecule has 0 unspecified atom stereocenters. The second-order valence-electron chi connectivity index (χ2n) is 6.41. The minimum atomic E-state index is -3.71. The molecule has 1 aromatic carbocycles. The molecule has 27 heavy (non-hydrogen) atoms. The van der Waals surface area contributed by atoms with Crippen LogP contribution < -0.4 is 0 Å². The number of halogens is 1. The zero-order valence-electron chi connectivity index (χ0n) is 14.8. The third-order valence-electron chi connectivity index (χ3n) is 4.57. The molecule has 2 aromatic heterocycles. The van der Waals surface area contributed by atoms with Crippen molar-refractivity contribution in [3.63, 3.8) is 0 Å². The van der Waals surface area contributed by atoms with Crippen molar-refractivity contribution < 1.29 is 17.3 Å². The van der Waals surface area contributed by atoms with Crippen LogP contribution in [-0.2, 0) is 23.0 Å². The quantitative estimate of drug-likeness (QED) is 0.685. The Labute approximate surface area is 155 Å². The number of aryl methyl sites for hydroxylation is 2. The van der Waals surface area contributed by atoms with E-state index in [1.807, 2.05) is 0 Å². The lowest BCUT2D eigenvalue weighted by atomic mass is 10.1. The van der Waals surface area contributed by atoms with Crippen molar-refractivity contribution in [2.45, 2.75) is 31.7 Å². The van der Waals surface area contributed by atoms with Gasteiger partial charge in [-0.2, -0.15) is 4.31 Å². The minimum Gasteiger partial charge on any atom is -0.360 e. The maximum Gasteiger partial charge on any atom is 0.248 e. The zero-order chi connectivity index (χ0) is 19.2. The highest BCUT2D eigenvalue weighted by atomic mass is 32.2. The summed E-state index contributed by atoms with van der Waals surface area (Å²) in [6.45, 7) is 3.69. The van der Waals surface area contributed by atoms with Crippen molar-refractivity contribution in [3.05, 3.63) is 59.0 Å². The number of nitrogens with zero attached hydrogens (tertiary/aromatic N) is 4. The van der Waals surface area contributed by atoms with Crippen LogP contribution in [0.2, 0.25) is 0 Å². The fraction of sp³-hybridized carbons (Fsp3) is 0.278. The van der Waals surface area contributed by atoms with Gasteiger partial charge in [-0.3, -0.25) is 0 Å². The predicted octanol–water partition coefficient (Wildman–Crippen LogP) is 2.63. The number of aromatic nitrogens is 3. The molecule has 140 valence electrons. The van der Waals surface area contributed by atoms with E-state index in [1.54, 1.807) is 32.2 Å². The standard InChI is InChI=1S/C18H17FN4O3S/c1-11-17(12(2)26-22-11)27(24,25)23-8-7-16-14(10-23)9-20-18(21-16)13-3-5-15(19)6-4-13/h3-6,9H,7-8,10H2,1-2H3. The molecule has 0 fully saturated rings. The molecule has 0 saturated heterocycles. The van der Waals surface area contributed by atoms with Gasteiger partial charge in [-0.15, -0.1) is 0 Å². The van der Waals surface area contributed by atoms with E-state index < -0.39 is 10.0 Å². The topological polar surface area (TPSA) is 89.2 Å². The van der Waals surface area contributed by atoms with Crippen LogP contribution in [-0.4, -0.2) is 34.4 Å². The Morgan fingerprint density at radius 3 is 2.59 bits per heavy atom. The molecule has 7 nitrogen and oxygen atoms in total. The fourth-order valence-electron chi connectivity index (χ4n) is 3.21. The third kappa shape index (κ3) is 3.13. The van der Waals surface area contributed by atoms with E-state index in [1.165, 1.54) is 16.4 Å². The number of rotatable bonds is 3. The van der Waals surface area contributed by atoms with E-state index in [0.29, 0.717) is 30.0 Å². The molecule has 9 heteroatoms. The lowest BCUT2D eigenvalue weighted by molar-refractivity contribution is 0.379. The van der Waals surface area contributed by atoms with E-state index >= 15 is 0 Å². The zero-order valence-corrected chi connectivity index (χ0v) is 15.6. The predicted molar refractivity (Wildman–Crippen MR) is 94.7 cm³/mol. The van der Waals surface area contributed by atoms with Crippen LogP contribution in [0.5, 0.6) is 0 Å². The summed E-state index contributed by atoms with van der Waals surface area (Å²) in [5.74, 6) is 0.453. The van der Waals surface area contributed by atoms with Crippen LogP contribution in [0.15, 0.2) is 39.9 Å². The highest BCUT2D eigenvalue weighted by molar-refractivity contribution is 7.89. The average Bonchev–Trinajstić information content (AvgIpc) is 3.00. The van der Waals surface area contributed by atoms with Crippen molar-refractivity contribution in [1.29, 1.82) is 0 Å². The summed E-state index contributed by atoms with van der Waals surface area (Å²) in [5.41, 5.74) is 2.61. The van der Waals surface area contributed by atoms with Gasteiger partial charge in [0.25, 0.3) is 0 Å². The van der Waals surface area contributed by atoms with Crippen LogP contribution in [0.25, 0.3) is 11.4 Å². The molecule has 1 aliphatic heterocycles. The van der Waals surface area contributed by atoms with Crippen LogP contribution >= 0.6 is 0 Å². The molecular formula is C18H17FN4O3S. The highest BCUT2D eigenvalue weighted by Gasteiger charge is 2.33. The van der Waals surface area contributed by atoms with Crippen molar-refractivity contribution in [2.24, 2.45) is 0 Å². The van der Waals surface area contributed by atoms with Gasteiger partial charge in [0.15, 0.2) is 11.6 Å².